The van der Waals surface area contributed by atoms with Gasteiger partial charge in [-0.25, -0.2) is 0 Å². The van der Waals surface area contributed by atoms with Crippen molar-refractivity contribution in [1.82, 2.24) is 15.1 Å². The number of rotatable bonds is 6. The highest BCUT2D eigenvalue weighted by Gasteiger charge is 2.26. The number of nitrogens with zero attached hydrogens (tertiary/aromatic N) is 4. The van der Waals surface area contributed by atoms with Crippen molar-refractivity contribution in [2.75, 3.05) is 38.2 Å². The van der Waals surface area contributed by atoms with Crippen LogP contribution in [-0.4, -0.2) is 60.1 Å². The van der Waals surface area contributed by atoms with Gasteiger partial charge in [0.05, 0.1) is 18.4 Å². The van der Waals surface area contributed by atoms with Gasteiger partial charge in [-0.05, 0) is 42.5 Å². The van der Waals surface area contributed by atoms with Crippen molar-refractivity contribution < 1.29 is 14.3 Å². The second kappa shape index (κ2) is 10.4. The van der Waals surface area contributed by atoms with E-state index in [2.05, 4.69) is 15.1 Å². The first-order valence-corrected chi connectivity index (χ1v) is 11.9. The van der Waals surface area contributed by atoms with E-state index in [9.17, 15) is 9.59 Å². The normalized spacial score (nSPS) is 13.4. The van der Waals surface area contributed by atoms with Crippen molar-refractivity contribution >= 4 is 17.5 Å². The van der Waals surface area contributed by atoms with Crippen LogP contribution in [0.3, 0.4) is 0 Å². The van der Waals surface area contributed by atoms with Gasteiger partial charge in [0.15, 0.2) is 11.6 Å². The molecule has 0 saturated carbocycles. The summed E-state index contributed by atoms with van der Waals surface area (Å²) < 4.78 is 5.21. The molecule has 1 aliphatic heterocycles. The van der Waals surface area contributed by atoms with Crippen molar-refractivity contribution in [2.45, 2.75) is 0 Å². The van der Waals surface area contributed by atoms with Crippen LogP contribution in [0, 0.1) is 0 Å². The SMILES string of the molecule is COc1ccc(-c2ccc(N3CCN(C(=O)c4ccccc4C(=O)c4ccccc4)CC3)nn2)cc1. The maximum atomic E-state index is 13.4. The van der Waals surface area contributed by atoms with Gasteiger partial charge < -0.3 is 14.5 Å². The molecule has 36 heavy (non-hydrogen) atoms. The Bertz CT molecular complexity index is 1350. The van der Waals surface area contributed by atoms with E-state index in [-0.39, 0.29) is 11.7 Å². The monoisotopic (exact) mass is 478 g/mol. The summed E-state index contributed by atoms with van der Waals surface area (Å²) in [5.41, 5.74) is 3.18. The van der Waals surface area contributed by atoms with Crippen LogP contribution in [0.15, 0.2) is 91.0 Å². The standard InChI is InChI=1S/C29H26N4O3/c1-36-23-13-11-21(12-14-23)26-15-16-27(31-30-26)32-17-19-33(20-18-32)29(35)25-10-6-5-9-24(25)28(34)22-7-3-2-4-8-22/h2-16H,17-20H2,1H3. The van der Waals surface area contributed by atoms with Gasteiger partial charge in [-0.3, -0.25) is 9.59 Å². The van der Waals surface area contributed by atoms with Crippen molar-refractivity contribution in [3.63, 3.8) is 0 Å². The Kier molecular flexibility index (Phi) is 6.71. The first-order valence-electron chi connectivity index (χ1n) is 11.9. The molecule has 7 heteroatoms. The van der Waals surface area contributed by atoms with Gasteiger partial charge >= 0.3 is 0 Å². The number of aromatic nitrogens is 2. The maximum absolute atomic E-state index is 13.4. The molecule has 0 spiro atoms. The van der Waals surface area contributed by atoms with Gasteiger partial charge in [-0.15, -0.1) is 10.2 Å². The van der Waals surface area contributed by atoms with Crippen LogP contribution < -0.4 is 9.64 Å². The number of amides is 1. The predicted molar refractivity (Wildman–Crippen MR) is 138 cm³/mol. The second-order valence-electron chi connectivity index (χ2n) is 8.53. The molecule has 5 rings (SSSR count). The minimum atomic E-state index is -0.148. The highest BCUT2D eigenvalue weighted by atomic mass is 16.5. The Hall–Kier alpha value is -4.52. The van der Waals surface area contributed by atoms with E-state index < -0.39 is 0 Å². The largest absolute Gasteiger partial charge is 0.497 e. The van der Waals surface area contributed by atoms with E-state index in [4.69, 9.17) is 4.74 Å². The Morgan fingerprint density at radius 2 is 1.39 bits per heavy atom. The zero-order chi connectivity index (χ0) is 24.9. The van der Waals surface area contributed by atoms with Crippen LogP contribution in [0.5, 0.6) is 5.75 Å². The summed E-state index contributed by atoms with van der Waals surface area (Å²) >= 11 is 0. The molecule has 1 saturated heterocycles. The fourth-order valence-corrected chi connectivity index (χ4v) is 4.33. The van der Waals surface area contributed by atoms with Crippen molar-refractivity contribution in [1.29, 1.82) is 0 Å². The number of benzene rings is 3. The summed E-state index contributed by atoms with van der Waals surface area (Å²) in [7, 11) is 1.64. The Morgan fingerprint density at radius 1 is 0.722 bits per heavy atom. The molecule has 0 radical (unpaired) electrons. The molecule has 0 bridgehead atoms. The zero-order valence-electron chi connectivity index (χ0n) is 20.0. The lowest BCUT2D eigenvalue weighted by atomic mass is 9.97. The summed E-state index contributed by atoms with van der Waals surface area (Å²) in [6.07, 6.45) is 0. The molecule has 0 N–H and O–H groups in total. The average Bonchev–Trinajstić information content (AvgIpc) is 2.97. The molecular formula is C29H26N4O3. The van der Waals surface area contributed by atoms with Crippen molar-refractivity contribution in [3.8, 4) is 17.0 Å². The summed E-state index contributed by atoms with van der Waals surface area (Å²) in [5.74, 6) is 1.29. The van der Waals surface area contributed by atoms with Gasteiger partial charge in [0.25, 0.3) is 5.91 Å². The minimum absolute atomic E-state index is 0.129. The molecule has 3 aromatic carbocycles. The summed E-state index contributed by atoms with van der Waals surface area (Å²) in [6.45, 7) is 2.34. The van der Waals surface area contributed by atoms with E-state index in [1.165, 1.54) is 0 Å². The molecule has 2 heterocycles. The average molecular weight is 479 g/mol. The fourth-order valence-electron chi connectivity index (χ4n) is 4.33. The van der Waals surface area contributed by atoms with E-state index >= 15 is 0 Å². The molecule has 0 atom stereocenters. The van der Waals surface area contributed by atoms with E-state index in [0.29, 0.717) is 42.9 Å². The number of anilines is 1. The predicted octanol–water partition coefficient (Wildman–Crippen LogP) is 4.35. The number of carbonyl (C=O) groups excluding carboxylic acids is 2. The van der Waals surface area contributed by atoms with Crippen LogP contribution in [0.25, 0.3) is 11.3 Å². The lowest BCUT2D eigenvalue weighted by molar-refractivity contribution is 0.0742. The number of ketones is 1. The third-order valence-corrected chi connectivity index (χ3v) is 6.37. The molecule has 4 aromatic rings. The molecule has 1 amide bonds. The molecule has 1 fully saturated rings. The molecule has 1 aromatic heterocycles. The smallest absolute Gasteiger partial charge is 0.254 e. The van der Waals surface area contributed by atoms with Crippen LogP contribution in [0.1, 0.15) is 26.3 Å². The molecular weight excluding hydrogens is 452 g/mol. The van der Waals surface area contributed by atoms with Crippen molar-refractivity contribution in [3.05, 3.63) is 108 Å². The Morgan fingerprint density at radius 3 is 2.03 bits per heavy atom. The third kappa shape index (κ3) is 4.81. The van der Waals surface area contributed by atoms with Gasteiger partial charge in [0, 0.05) is 42.9 Å². The molecule has 1 aliphatic rings. The lowest BCUT2D eigenvalue weighted by Gasteiger charge is -2.35. The summed E-state index contributed by atoms with van der Waals surface area (Å²) in [6, 6.07) is 27.7. The number of ether oxygens (including phenoxy) is 1. The van der Waals surface area contributed by atoms with Crippen LogP contribution >= 0.6 is 0 Å². The summed E-state index contributed by atoms with van der Waals surface area (Å²) in [5, 5.41) is 8.81. The topological polar surface area (TPSA) is 75.6 Å². The number of carbonyl (C=O) groups is 2. The molecule has 180 valence electrons. The number of hydrogen-bond acceptors (Lipinski definition) is 6. The van der Waals surface area contributed by atoms with Crippen molar-refractivity contribution in [2.24, 2.45) is 0 Å². The lowest BCUT2D eigenvalue weighted by Crippen LogP contribution is -2.49. The molecule has 0 aliphatic carbocycles. The number of piperazine rings is 1. The quantitative estimate of drug-likeness (QED) is 0.384. The first kappa shape index (κ1) is 23.2. The highest BCUT2D eigenvalue weighted by molar-refractivity contribution is 6.15. The Balaban J connectivity index is 1.25. The number of hydrogen-bond donors (Lipinski definition) is 0. The highest BCUT2D eigenvalue weighted by Crippen LogP contribution is 2.23. The molecule has 0 unspecified atom stereocenters. The van der Waals surface area contributed by atoms with Gasteiger partial charge in [0.1, 0.15) is 5.75 Å². The van der Waals surface area contributed by atoms with Crippen LogP contribution in [0.4, 0.5) is 5.82 Å². The third-order valence-electron chi connectivity index (χ3n) is 6.37. The number of methoxy groups -OCH3 is 1. The summed E-state index contributed by atoms with van der Waals surface area (Å²) in [4.78, 5) is 30.3. The fraction of sp³-hybridized carbons (Fsp3) is 0.172. The second-order valence-corrected chi connectivity index (χ2v) is 8.53. The first-order chi connectivity index (χ1) is 17.6. The maximum Gasteiger partial charge on any atom is 0.254 e. The van der Waals surface area contributed by atoms with E-state index in [1.807, 2.05) is 54.6 Å². The van der Waals surface area contributed by atoms with Gasteiger partial charge in [-0.2, -0.15) is 0 Å². The van der Waals surface area contributed by atoms with E-state index in [1.54, 1.807) is 48.4 Å². The van der Waals surface area contributed by atoms with Crippen LogP contribution in [-0.2, 0) is 0 Å². The van der Waals surface area contributed by atoms with Gasteiger partial charge in [0.2, 0.25) is 0 Å². The molecule has 7 nitrogen and oxygen atoms in total. The van der Waals surface area contributed by atoms with E-state index in [0.717, 1.165) is 22.8 Å². The Labute approximate surface area is 210 Å². The van der Waals surface area contributed by atoms with Gasteiger partial charge in [-0.1, -0.05) is 48.5 Å². The minimum Gasteiger partial charge on any atom is -0.497 e. The zero-order valence-corrected chi connectivity index (χ0v) is 20.0. The van der Waals surface area contributed by atoms with Crippen LogP contribution in [0.2, 0.25) is 0 Å².